The van der Waals surface area contributed by atoms with E-state index in [1.807, 2.05) is 0 Å². The molecule has 0 amide bonds. The third-order valence-corrected chi connectivity index (χ3v) is 7.18. The van der Waals surface area contributed by atoms with Gasteiger partial charge in [-0.15, -0.1) is 0 Å². The maximum Gasteiger partial charge on any atom is 0.416 e. The predicted molar refractivity (Wildman–Crippen MR) is 163 cm³/mol. The highest BCUT2D eigenvalue weighted by Gasteiger charge is 2.40. The second-order valence-electron chi connectivity index (χ2n) is 10.7. The molecule has 268 valence electrons. The molecule has 0 heterocycles. The van der Waals surface area contributed by atoms with Crippen molar-refractivity contribution >= 4 is 34.1 Å². The van der Waals surface area contributed by atoms with Crippen LogP contribution < -0.4 is 20.9 Å². The lowest BCUT2D eigenvalue weighted by Gasteiger charge is -2.16. The molecule has 0 aliphatic rings. The fraction of sp³-hybridized carbons (Fsp3) is 0.172. The van der Waals surface area contributed by atoms with E-state index in [0.717, 1.165) is 0 Å². The molecule has 0 aliphatic heterocycles. The lowest BCUT2D eigenvalue weighted by molar-refractivity contribution is -0.396. The van der Waals surface area contributed by atoms with Gasteiger partial charge in [-0.1, -0.05) is 19.1 Å². The van der Waals surface area contributed by atoms with E-state index in [0.29, 0.717) is 11.1 Å². The quantitative estimate of drug-likeness (QED) is 0.0640. The first-order valence-electron chi connectivity index (χ1n) is 13.8. The minimum atomic E-state index is -5.14. The molecule has 0 bridgehead atoms. The molecule has 4 rings (SSSR count). The van der Waals surface area contributed by atoms with Crippen LogP contribution in [0.1, 0.15) is 35.1 Å². The van der Waals surface area contributed by atoms with Crippen molar-refractivity contribution in [3.8, 4) is 23.0 Å². The number of hydrogen-bond donors (Lipinski definition) is 2. The van der Waals surface area contributed by atoms with Gasteiger partial charge < -0.3 is 20.9 Å². The normalized spacial score (nSPS) is 12.2. The van der Waals surface area contributed by atoms with Crippen LogP contribution >= 0.6 is 0 Å². The Bertz CT molecular complexity index is 2020. The van der Waals surface area contributed by atoms with E-state index in [1.165, 1.54) is 36.4 Å². The Morgan fingerprint density at radius 1 is 0.608 bits per heavy atom. The third kappa shape index (κ3) is 8.12. The highest BCUT2D eigenvalue weighted by molar-refractivity contribution is 5.67. The fourth-order valence-electron chi connectivity index (χ4n) is 4.75. The molecule has 0 saturated heterocycles. The van der Waals surface area contributed by atoms with Crippen molar-refractivity contribution in [3.05, 3.63) is 123 Å². The van der Waals surface area contributed by atoms with Gasteiger partial charge in [-0.25, -0.2) is 0 Å². The van der Waals surface area contributed by atoms with Gasteiger partial charge in [-0.2, -0.15) is 26.3 Å². The Kier molecular flexibility index (Phi) is 9.92. The summed E-state index contributed by atoms with van der Waals surface area (Å²) in [6, 6.07) is 8.20. The molecule has 0 aliphatic carbocycles. The minimum Gasteiger partial charge on any atom is -0.442 e. The molecule has 4 aromatic rings. The maximum atomic E-state index is 13.2. The molecule has 0 fully saturated rings. The number of rotatable bonds is 11. The summed E-state index contributed by atoms with van der Waals surface area (Å²) in [5.74, 6) is -3.28. The summed E-state index contributed by atoms with van der Waals surface area (Å²) in [5.41, 5.74) is 4.02. The first kappa shape index (κ1) is 37.1. The van der Waals surface area contributed by atoms with Crippen molar-refractivity contribution in [1.29, 1.82) is 0 Å². The Morgan fingerprint density at radius 3 is 1.27 bits per heavy atom. The maximum absolute atomic E-state index is 13.2. The van der Waals surface area contributed by atoms with Crippen LogP contribution in [0.2, 0.25) is 0 Å². The second-order valence-corrected chi connectivity index (χ2v) is 10.7. The van der Waals surface area contributed by atoms with Crippen molar-refractivity contribution in [2.75, 3.05) is 11.5 Å². The van der Waals surface area contributed by atoms with Gasteiger partial charge in [0.1, 0.15) is 0 Å². The SMILES string of the molecule is CC(Cc1ccc(Oc2c([N+](=O)[O-])cc(C(F)(F)F)cc2[N+](=O)[O-])c(N)c1)c1ccc(Oc2c([N+](=O)[O-])cc(C(F)(F)F)cc2[N+](=O)[O-])c(N)c1. The average molecular weight is 726 g/mol. The zero-order valence-electron chi connectivity index (χ0n) is 25.4. The fourth-order valence-corrected chi connectivity index (χ4v) is 4.75. The number of benzene rings is 4. The summed E-state index contributed by atoms with van der Waals surface area (Å²) < 4.78 is 90.0. The van der Waals surface area contributed by atoms with E-state index in [9.17, 15) is 66.8 Å². The molecular weight excluding hydrogens is 706 g/mol. The van der Waals surface area contributed by atoms with E-state index >= 15 is 0 Å². The van der Waals surface area contributed by atoms with Gasteiger partial charge >= 0.3 is 35.1 Å². The lowest BCUT2D eigenvalue weighted by Crippen LogP contribution is -2.09. The highest BCUT2D eigenvalue weighted by atomic mass is 19.4. The van der Waals surface area contributed by atoms with Crippen LogP contribution in [0, 0.1) is 40.5 Å². The molecule has 0 saturated carbocycles. The standard InChI is InChI=1S/C29H20F6N6O10/c1-13(15-3-5-25(19(37)8-15)51-27-22(40(46)47)11-17(29(33,34)35)12-23(27)41(48)49)6-14-2-4-24(18(36)7-14)50-26-20(38(42)43)9-16(28(30,31)32)10-21(26)39(44)45/h2-5,7-13H,6,36-37H2,1H3. The number of nitro benzene ring substituents is 4. The molecule has 0 aromatic heterocycles. The zero-order chi connectivity index (χ0) is 38.2. The van der Waals surface area contributed by atoms with E-state index < -0.39 is 83.3 Å². The van der Waals surface area contributed by atoms with Gasteiger partial charge in [0.2, 0.25) is 0 Å². The lowest BCUT2D eigenvalue weighted by atomic mass is 9.93. The second kappa shape index (κ2) is 13.6. The van der Waals surface area contributed by atoms with Crippen LogP contribution in [0.5, 0.6) is 23.0 Å². The molecule has 0 spiro atoms. The molecule has 1 unspecified atom stereocenters. The first-order valence-corrected chi connectivity index (χ1v) is 13.8. The van der Waals surface area contributed by atoms with Crippen LogP contribution in [0.4, 0.5) is 60.5 Å². The van der Waals surface area contributed by atoms with Gasteiger partial charge in [-0.05, 0) is 47.7 Å². The van der Waals surface area contributed by atoms with Crippen LogP contribution in [0.3, 0.4) is 0 Å². The first-order chi connectivity index (χ1) is 23.6. The zero-order valence-corrected chi connectivity index (χ0v) is 25.4. The van der Waals surface area contributed by atoms with Crippen molar-refractivity contribution in [1.82, 2.24) is 0 Å². The largest absolute Gasteiger partial charge is 0.442 e. The Hall–Kier alpha value is -6.74. The van der Waals surface area contributed by atoms with Crippen molar-refractivity contribution in [2.24, 2.45) is 0 Å². The van der Waals surface area contributed by atoms with Gasteiger partial charge in [0.15, 0.2) is 11.5 Å². The number of nitro groups is 4. The summed E-state index contributed by atoms with van der Waals surface area (Å²) in [6.45, 7) is 1.70. The predicted octanol–water partition coefficient (Wildman–Crippen LogP) is 8.45. The minimum absolute atomic E-state index is 0.0859. The van der Waals surface area contributed by atoms with Gasteiger partial charge in [0.25, 0.3) is 11.5 Å². The highest BCUT2D eigenvalue weighted by Crippen LogP contribution is 2.47. The van der Waals surface area contributed by atoms with Gasteiger partial charge in [0.05, 0.1) is 42.2 Å². The van der Waals surface area contributed by atoms with Gasteiger partial charge in [0, 0.05) is 24.3 Å². The number of nitrogen functional groups attached to an aromatic ring is 2. The number of ether oxygens (including phenoxy) is 2. The summed E-state index contributed by atoms with van der Waals surface area (Å²) >= 11 is 0. The summed E-state index contributed by atoms with van der Waals surface area (Å²) in [4.78, 5) is 41.0. The van der Waals surface area contributed by atoms with E-state index in [1.54, 1.807) is 6.92 Å². The third-order valence-electron chi connectivity index (χ3n) is 7.18. The Labute approximate surface area is 279 Å². The van der Waals surface area contributed by atoms with Crippen LogP contribution in [-0.4, -0.2) is 19.7 Å². The van der Waals surface area contributed by atoms with E-state index in [2.05, 4.69) is 0 Å². The number of nitrogens with zero attached hydrogens (tertiary/aromatic N) is 4. The molecule has 51 heavy (non-hydrogen) atoms. The van der Waals surface area contributed by atoms with Crippen LogP contribution in [0.15, 0.2) is 60.7 Å². The molecule has 4 N–H and O–H groups in total. The van der Waals surface area contributed by atoms with E-state index in [4.69, 9.17) is 20.9 Å². The van der Waals surface area contributed by atoms with Gasteiger partial charge in [-0.3, -0.25) is 40.5 Å². The Morgan fingerprint density at radius 2 is 0.961 bits per heavy atom. The molecule has 22 heteroatoms. The molecule has 1 atom stereocenters. The topological polar surface area (TPSA) is 243 Å². The number of hydrogen-bond acceptors (Lipinski definition) is 12. The number of nitrogens with two attached hydrogens (primary N) is 2. The smallest absolute Gasteiger partial charge is 0.416 e. The molecular formula is C29H20F6N6O10. The van der Waals surface area contributed by atoms with Crippen LogP contribution in [-0.2, 0) is 18.8 Å². The summed E-state index contributed by atoms with van der Waals surface area (Å²) in [6.07, 6.45) is -10.1. The van der Waals surface area contributed by atoms with Crippen molar-refractivity contribution < 1.29 is 55.5 Å². The van der Waals surface area contributed by atoms with Crippen molar-refractivity contribution in [2.45, 2.75) is 31.6 Å². The number of halogens is 6. The summed E-state index contributed by atoms with van der Waals surface area (Å²) in [7, 11) is 0. The molecule has 0 radical (unpaired) electrons. The van der Waals surface area contributed by atoms with Crippen LogP contribution in [0.25, 0.3) is 0 Å². The molecule has 4 aromatic carbocycles. The monoisotopic (exact) mass is 726 g/mol. The van der Waals surface area contributed by atoms with Crippen molar-refractivity contribution in [3.63, 3.8) is 0 Å². The number of anilines is 2. The number of alkyl halides is 6. The average Bonchev–Trinajstić information content (AvgIpc) is 3.01. The molecule has 16 nitrogen and oxygen atoms in total. The Balaban J connectivity index is 1.59. The summed E-state index contributed by atoms with van der Waals surface area (Å²) in [5, 5.41) is 46.1. The van der Waals surface area contributed by atoms with E-state index in [-0.39, 0.29) is 53.6 Å².